The lowest BCUT2D eigenvalue weighted by atomic mass is 10.1. The van der Waals surface area contributed by atoms with E-state index >= 15 is 0 Å². The summed E-state index contributed by atoms with van der Waals surface area (Å²) in [7, 11) is 0.417. The van der Waals surface area contributed by atoms with Crippen LogP contribution >= 0.6 is 0 Å². The topological polar surface area (TPSA) is 54.3 Å². The fraction of sp³-hybridized carbons (Fsp3) is 0.217. The van der Waals surface area contributed by atoms with Crippen LogP contribution in [-0.4, -0.2) is 38.5 Å². The summed E-state index contributed by atoms with van der Waals surface area (Å²) in [4.78, 5) is 2.44. The van der Waals surface area contributed by atoms with Gasteiger partial charge in [-0.2, -0.15) is 0 Å². The highest BCUT2D eigenvalue weighted by Crippen LogP contribution is 2.27. The molecular formula is C23H25N3O2S. The minimum absolute atomic E-state index is 0.287. The fourth-order valence-corrected chi connectivity index (χ4v) is 4.99. The zero-order valence-corrected chi connectivity index (χ0v) is 17.7. The van der Waals surface area contributed by atoms with Gasteiger partial charge in [-0.05, 0) is 56.7 Å². The second kappa shape index (κ2) is 7.54. The van der Waals surface area contributed by atoms with E-state index in [1.807, 2.05) is 48.5 Å². The van der Waals surface area contributed by atoms with Gasteiger partial charge in [-0.3, -0.25) is 4.72 Å². The van der Waals surface area contributed by atoms with Gasteiger partial charge < -0.3 is 9.47 Å². The van der Waals surface area contributed by atoms with Crippen molar-refractivity contribution in [1.29, 1.82) is 0 Å². The van der Waals surface area contributed by atoms with E-state index in [1.165, 1.54) is 0 Å². The lowest BCUT2D eigenvalue weighted by Gasteiger charge is -2.13. The minimum Gasteiger partial charge on any atom is -0.344 e. The maximum Gasteiger partial charge on any atom is 0.262 e. The summed E-state index contributed by atoms with van der Waals surface area (Å²) in [6.07, 6.45) is 0. The highest BCUT2D eigenvalue weighted by atomic mass is 32.2. The third kappa shape index (κ3) is 3.86. The lowest BCUT2D eigenvalue weighted by Crippen LogP contribution is -2.18. The Bertz CT molecular complexity index is 1280. The largest absolute Gasteiger partial charge is 0.344 e. The monoisotopic (exact) mass is 407 g/mol. The molecule has 0 radical (unpaired) electrons. The summed E-state index contributed by atoms with van der Waals surface area (Å²) in [5.74, 6) is 0. The zero-order valence-electron chi connectivity index (χ0n) is 16.9. The second-order valence-corrected chi connectivity index (χ2v) is 9.25. The SMILES string of the molecule is Cc1cc2cc(NS(=O)(=O)c3cccc4ccccc34)ccc2n1CCN(C)C. The Morgan fingerprint density at radius 3 is 2.48 bits per heavy atom. The molecule has 1 heterocycles. The van der Waals surface area contributed by atoms with Gasteiger partial charge in [-0.1, -0.05) is 36.4 Å². The molecular weight excluding hydrogens is 382 g/mol. The van der Waals surface area contributed by atoms with Crippen molar-refractivity contribution in [2.45, 2.75) is 18.4 Å². The molecule has 0 bridgehead atoms. The molecule has 3 aromatic carbocycles. The summed E-state index contributed by atoms with van der Waals surface area (Å²) in [5.41, 5.74) is 2.84. The second-order valence-electron chi connectivity index (χ2n) is 7.60. The van der Waals surface area contributed by atoms with Gasteiger partial charge in [0.15, 0.2) is 0 Å². The molecule has 0 atom stereocenters. The first-order chi connectivity index (χ1) is 13.8. The van der Waals surface area contributed by atoms with Gasteiger partial charge in [0.2, 0.25) is 0 Å². The highest BCUT2D eigenvalue weighted by molar-refractivity contribution is 7.93. The number of benzene rings is 3. The quantitative estimate of drug-likeness (QED) is 0.513. The van der Waals surface area contributed by atoms with Crippen LogP contribution < -0.4 is 4.72 Å². The van der Waals surface area contributed by atoms with Crippen LogP contribution in [0.4, 0.5) is 5.69 Å². The zero-order chi connectivity index (χ0) is 20.6. The van der Waals surface area contributed by atoms with Crippen molar-refractivity contribution in [2.24, 2.45) is 0 Å². The van der Waals surface area contributed by atoms with E-state index in [2.05, 4.69) is 41.3 Å². The maximum absolute atomic E-state index is 13.1. The highest BCUT2D eigenvalue weighted by Gasteiger charge is 2.18. The van der Waals surface area contributed by atoms with E-state index in [0.717, 1.165) is 35.1 Å². The molecule has 0 saturated heterocycles. The van der Waals surface area contributed by atoms with Crippen molar-refractivity contribution in [3.63, 3.8) is 0 Å². The first kappa shape index (κ1) is 19.5. The summed E-state index contributed by atoms with van der Waals surface area (Å²) >= 11 is 0. The molecule has 5 nitrogen and oxygen atoms in total. The van der Waals surface area contributed by atoms with E-state index < -0.39 is 10.0 Å². The first-order valence-electron chi connectivity index (χ1n) is 9.60. The third-order valence-corrected chi connectivity index (χ3v) is 6.61. The number of likely N-dealkylation sites (N-methyl/N-ethyl adjacent to an activating group) is 1. The number of hydrogen-bond donors (Lipinski definition) is 1. The van der Waals surface area contributed by atoms with Crippen LogP contribution in [0.25, 0.3) is 21.7 Å². The molecule has 6 heteroatoms. The molecule has 29 heavy (non-hydrogen) atoms. The average Bonchev–Trinajstić information content (AvgIpc) is 2.99. The Labute approximate surface area is 171 Å². The van der Waals surface area contributed by atoms with Gasteiger partial charge in [0, 0.05) is 40.8 Å². The van der Waals surface area contributed by atoms with Gasteiger partial charge in [-0.25, -0.2) is 8.42 Å². The summed E-state index contributed by atoms with van der Waals surface area (Å²) in [6.45, 7) is 3.92. The van der Waals surface area contributed by atoms with Crippen LogP contribution in [0, 0.1) is 6.92 Å². The van der Waals surface area contributed by atoms with E-state index in [9.17, 15) is 8.42 Å². The number of aryl methyl sites for hydroxylation is 1. The van der Waals surface area contributed by atoms with Crippen LogP contribution in [0.1, 0.15) is 5.69 Å². The van der Waals surface area contributed by atoms with Crippen molar-refractivity contribution in [1.82, 2.24) is 9.47 Å². The van der Waals surface area contributed by atoms with E-state index in [0.29, 0.717) is 11.1 Å². The first-order valence-corrected chi connectivity index (χ1v) is 11.1. The van der Waals surface area contributed by atoms with Crippen molar-refractivity contribution in [2.75, 3.05) is 25.4 Å². The number of hydrogen-bond acceptors (Lipinski definition) is 3. The van der Waals surface area contributed by atoms with Crippen molar-refractivity contribution >= 4 is 37.4 Å². The normalized spacial score (nSPS) is 12.1. The van der Waals surface area contributed by atoms with Crippen LogP contribution in [0.15, 0.2) is 71.6 Å². The van der Waals surface area contributed by atoms with Crippen LogP contribution in [0.3, 0.4) is 0 Å². The standard InChI is InChI=1S/C23H25N3O2S/c1-17-15-19-16-20(11-12-22(19)26(17)14-13-25(2)3)24-29(27,28)23-10-6-8-18-7-4-5-9-21(18)23/h4-12,15-16,24H,13-14H2,1-3H3. The molecule has 4 aromatic rings. The predicted octanol–water partition coefficient (Wildman–Crippen LogP) is 4.47. The summed E-state index contributed by atoms with van der Waals surface area (Å²) in [6, 6.07) is 20.7. The Morgan fingerprint density at radius 2 is 1.69 bits per heavy atom. The Hall–Kier alpha value is -2.83. The number of fused-ring (bicyclic) bond motifs is 2. The molecule has 0 aliphatic heterocycles. The molecule has 1 aromatic heterocycles. The van der Waals surface area contributed by atoms with Crippen LogP contribution in [-0.2, 0) is 16.6 Å². The number of anilines is 1. The third-order valence-electron chi connectivity index (χ3n) is 5.17. The molecule has 0 aliphatic rings. The molecule has 4 rings (SSSR count). The van der Waals surface area contributed by atoms with Crippen molar-refractivity contribution in [3.8, 4) is 0 Å². The number of rotatable bonds is 6. The molecule has 0 saturated carbocycles. The van der Waals surface area contributed by atoms with Crippen LogP contribution in [0.2, 0.25) is 0 Å². The van der Waals surface area contributed by atoms with Crippen molar-refractivity contribution < 1.29 is 8.42 Å². The summed E-state index contributed by atoms with van der Waals surface area (Å²) < 4.78 is 31.2. The van der Waals surface area contributed by atoms with Gasteiger partial charge in [0.1, 0.15) is 0 Å². The Morgan fingerprint density at radius 1 is 0.931 bits per heavy atom. The molecule has 0 fully saturated rings. The Kier molecular flexibility index (Phi) is 5.06. The van der Waals surface area contributed by atoms with E-state index in [1.54, 1.807) is 12.1 Å². The minimum atomic E-state index is -3.70. The van der Waals surface area contributed by atoms with E-state index in [4.69, 9.17) is 0 Å². The summed E-state index contributed by atoms with van der Waals surface area (Å²) in [5, 5.41) is 2.65. The molecule has 0 amide bonds. The number of aromatic nitrogens is 1. The van der Waals surface area contributed by atoms with Crippen LogP contribution in [0.5, 0.6) is 0 Å². The molecule has 0 spiro atoms. The van der Waals surface area contributed by atoms with Gasteiger partial charge in [0.25, 0.3) is 10.0 Å². The average molecular weight is 408 g/mol. The Balaban J connectivity index is 1.68. The van der Waals surface area contributed by atoms with Gasteiger partial charge in [0.05, 0.1) is 4.90 Å². The molecule has 150 valence electrons. The van der Waals surface area contributed by atoms with Crippen molar-refractivity contribution in [3.05, 3.63) is 72.4 Å². The van der Waals surface area contributed by atoms with Gasteiger partial charge >= 0.3 is 0 Å². The number of nitrogens with one attached hydrogen (secondary N) is 1. The molecule has 0 unspecified atom stereocenters. The molecule has 1 N–H and O–H groups in total. The smallest absolute Gasteiger partial charge is 0.262 e. The van der Waals surface area contributed by atoms with E-state index in [-0.39, 0.29) is 4.90 Å². The fourth-order valence-electron chi connectivity index (χ4n) is 3.71. The van der Waals surface area contributed by atoms with Gasteiger partial charge in [-0.15, -0.1) is 0 Å². The lowest BCUT2D eigenvalue weighted by molar-refractivity contribution is 0.385. The number of sulfonamides is 1. The number of nitrogens with zero attached hydrogens (tertiary/aromatic N) is 2. The maximum atomic E-state index is 13.1. The molecule has 0 aliphatic carbocycles. The predicted molar refractivity (Wildman–Crippen MR) is 120 cm³/mol.